The molecule has 0 heterocycles. The van der Waals surface area contributed by atoms with E-state index in [-0.39, 0.29) is 12.1 Å². The second-order valence-electron chi connectivity index (χ2n) is 6.14. The molecule has 0 aliphatic heterocycles. The Bertz CT molecular complexity index is 343. The van der Waals surface area contributed by atoms with Crippen LogP contribution in [0.4, 0.5) is 4.79 Å². The highest BCUT2D eigenvalue weighted by molar-refractivity contribution is 5.68. The Morgan fingerprint density at radius 3 is 2.79 bits per heavy atom. The monoisotopic (exact) mass is 268 g/mol. The number of nitrogens with zero attached hydrogens (tertiary/aromatic N) is 1. The van der Waals surface area contributed by atoms with E-state index < -0.39 is 5.60 Å². The molecule has 1 amide bonds. The average molecular weight is 268 g/mol. The minimum atomic E-state index is -0.461. The second-order valence-corrected chi connectivity index (χ2v) is 6.14. The van der Waals surface area contributed by atoms with Crippen molar-refractivity contribution in [2.45, 2.75) is 64.5 Å². The summed E-state index contributed by atoms with van der Waals surface area (Å²) in [5.74, 6) is 0.519. The fourth-order valence-corrected chi connectivity index (χ4v) is 2.45. The molecule has 0 spiro atoms. The number of ether oxygens (including phenoxy) is 1. The molecule has 1 saturated carbocycles. The fraction of sp³-hybridized carbons (Fsp3) is 0.857. The van der Waals surface area contributed by atoms with Gasteiger partial charge in [0.2, 0.25) is 6.08 Å². The number of nitrogens with one attached hydrogen (secondary N) is 1. The number of isocyanates is 1. The number of alkyl carbamates (subject to hydrolysis) is 1. The van der Waals surface area contributed by atoms with Crippen LogP contribution in [0.15, 0.2) is 4.99 Å². The smallest absolute Gasteiger partial charge is 0.407 e. The Balaban J connectivity index is 2.34. The summed E-state index contributed by atoms with van der Waals surface area (Å²) in [7, 11) is 0. The van der Waals surface area contributed by atoms with Crippen molar-refractivity contribution in [3.05, 3.63) is 0 Å². The molecule has 0 aromatic rings. The number of hydrogen-bond acceptors (Lipinski definition) is 4. The largest absolute Gasteiger partial charge is 0.444 e. The Morgan fingerprint density at radius 2 is 2.16 bits per heavy atom. The minimum Gasteiger partial charge on any atom is -0.444 e. The van der Waals surface area contributed by atoms with Crippen molar-refractivity contribution in [3.8, 4) is 0 Å². The van der Waals surface area contributed by atoms with Gasteiger partial charge in [0.05, 0.1) is 6.54 Å². The topological polar surface area (TPSA) is 67.8 Å². The molecule has 1 aliphatic carbocycles. The molecule has 0 aromatic carbocycles. The molecule has 0 saturated heterocycles. The summed E-state index contributed by atoms with van der Waals surface area (Å²) in [6.07, 6.45) is 6.27. The third kappa shape index (κ3) is 6.97. The van der Waals surface area contributed by atoms with E-state index in [2.05, 4.69) is 10.3 Å². The van der Waals surface area contributed by atoms with Crippen molar-refractivity contribution in [2.75, 3.05) is 6.54 Å². The van der Waals surface area contributed by atoms with Crippen molar-refractivity contribution < 1.29 is 14.3 Å². The second kappa shape index (κ2) is 7.29. The normalized spacial score (nSPS) is 23.3. The summed E-state index contributed by atoms with van der Waals surface area (Å²) >= 11 is 0. The van der Waals surface area contributed by atoms with E-state index in [1.54, 1.807) is 6.08 Å². The molecule has 0 radical (unpaired) electrons. The van der Waals surface area contributed by atoms with Crippen molar-refractivity contribution in [1.29, 1.82) is 0 Å². The predicted molar refractivity (Wildman–Crippen MR) is 72.7 cm³/mol. The highest BCUT2D eigenvalue weighted by Crippen LogP contribution is 2.27. The van der Waals surface area contributed by atoms with Gasteiger partial charge in [-0.3, -0.25) is 0 Å². The predicted octanol–water partition coefficient (Wildman–Crippen LogP) is 2.80. The third-order valence-corrected chi connectivity index (χ3v) is 3.22. The van der Waals surface area contributed by atoms with E-state index in [1.165, 1.54) is 0 Å². The number of aliphatic imine (C=N–C) groups is 1. The lowest BCUT2D eigenvalue weighted by atomic mass is 9.84. The van der Waals surface area contributed by atoms with Gasteiger partial charge in [-0.05, 0) is 46.0 Å². The molecule has 19 heavy (non-hydrogen) atoms. The Labute approximate surface area is 114 Å². The number of carbonyl (C=O) groups excluding carboxylic acids is 2. The standard InChI is InChI=1S/C14H24N2O3/c1-14(2,3)19-13(18)16-12-6-4-5-11(9-12)7-8-15-10-17/h11-12H,4-9H2,1-3H3,(H,16,18)/t11?,12-/m1/s1. The van der Waals surface area contributed by atoms with Gasteiger partial charge in [0.15, 0.2) is 0 Å². The van der Waals surface area contributed by atoms with Gasteiger partial charge in [0.1, 0.15) is 5.60 Å². The van der Waals surface area contributed by atoms with Crippen molar-refractivity contribution in [2.24, 2.45) is 10.9 Å². The molecule has 0 bridgehead atoms. The maximum atomic E-state index is 11.7. The van der Waals surface area contributed by atoms with Gasteiger partial charge in [-0.2, -0.15) is 0 Å². The van der Waals surface area contributed by atoms with Crippen LogP contribution in [0.1, 0.15) is 52.9 Å². The number of hydrogen-bond donors (Lipinski definition) is 1. The number of carbonyl (C=O) groups is 1. The van der Waals surface area contributed by atoms with E-state index >= 15 is 0 Å². The van der Waals surface area contributed by atoms with Crippen LogP contribution in [-0.2, 0) is 9.53 Å². The zero-order valence-corrected chi connectivity index (χ0v) is 12.1. The molecule has 1 aliphatic rings. The van der Waals surface area contributed by atoms with Crippen LogP contribution >= 0.6 is 0 Å². The highest BCUT2D eigenvalue weighted by Gasteiger charge is 2.25. The molecule has 1 rings (SSSR count). The van der Waals surface area contributed by atoms with E-state index in [9.17, 15) is 9.59 Å². The maximum absolute atomic E-state index is 11.7. The van der Waals surface area contributed by atoms with Gasteiger partial charge >= 0.3 is 6.09 Å². The third-order valence-electron chi connectivity index (χ3n) is 3.22. The van der Waals surface area contributed by atoms with E-state index in [0.29, 0.717) is 12.5 Å². The first kappa shape index (κ1) is 15.7. The van der Waals surface area contributed by atoms with Gasteiger partial charge in [0, 0.05) is 6.04 Å². The van der Waals surface area contributed by atoms with Crippen LogP contribution in [0, 0.1) is 5.92 Å². The summed E-state index contributed by atoms with van der Waals surface area (Å²) in [5, 5.41) is 2.93. The van der Waals surface area contributed by atoms with Crippen molar-refractivity contribution in [1.82, 2.24) is 5.32 Å². The lowest BCUT2D eigenvalue weighted by Crippen LogP contribution is -2.41. The van der Waals surface area contributed by atoms with Crippen LogP contribution in [-0.4, -0.2) is 30.4 Å². The Kier molecular flexibility index (Phi) is 6.03. The number of rotatable bonds is 4. The molecule has 2 atom stereocenters. The summed E-state index contributed by atoms with van der Waals surface area (Å²) < 4.78 is 5.25. The maximum Gasteiger partial charge on any atom is 0.407 e. The fourth-order valence-electron chi connectivity index (χ4n) is 2.45. The highest BCUT2D eigenvalue weighted by atomic mass is 16.6. The summed E-state index contributed by atoms with van der Waals surface area (Å²) in [5.41, 5.74) is -0.461. The van der Waals surface area contributed by atoms with Gasteiger partial charge in [-0.15, -0.1) is 0 Å². The first-order chi connectivity index (χ1) is 8.90. The molecule has 108 valence electrons. The van der Waals surface area contributed by atoms with Crippen LogP contribution in [0.5, 0.6) is 0 Å². The zero-order valence-electron chi connectivity index (χ0n) is 12.1. The van der Waals surface area contributed by atoms with Crippen LogP contribution in [0.25, 0.3) is 0 Å². The molecular weight excluding hydrogens is 244 g/mol. The van der Waals surface area contributed by atoms with Gasteiger partial charge in [0.25, 0.3) is 0 Å². The van der Waals surface area contributed by atoms with Crippen molar-refractivity contribution >= 4 is 12.2 Å². The molecule has 0 aromatic heterocycles. The quantitative estimate of drug-likeness (QED) is 0.629. The molecule has 1 N–H and O–H groups in total. The lowest BCUT2D eigenvalue weighted by molar-refractivity contribution is 0.0484. The first-order valence-electron chi connectivity index (χ1n) is 6.94. The van der Waals surface area contributed by atoms with Crippen LogP contribution < -0.4 is 5.32 Å². The molecular formula is C14H24N2O3. The van der Waals surface area contributed by atoms with Crippen molar-refractivity contribution in [3.63, 3.8) is 0 Å². The SMILES string of the molecule is CC(C)(C)OC(=O)N[C@@H]1CCCC(CCN=C=O)C1. The minimum absolute atomic E-state index is 0.175. The zero-order chi connectivity index (χ0) is 14.3. The van der Waals surface area contributed by atoms with E-state index in [1.807, 2.05) is 20.8 Å². The lowest BCUT2D eigenvalue weighted by Gasteiger charge is -2.30. The summed E-state index contributed by atoms with van der Waals surface area (Å²) in [6, 6.07) is 0.175. The van der Waals surface area contributed by atoms with Gasteiger partial charge in [-0.25, -0.2) is 14.6 Å². The van der Waals surface area contributed by atoms with E-state index in [0.717, 1.165) is 32.1 Å². The molecule has 5 nitrogen and oxygen atoms in total. The first-order valence-corrected chi connectivity index (χ1v) is 6.94. The number of amides is 1. The molecule has 1 fully saturated rings. The Hall–Kier alpha value is -1.35. The molecule has 1 unspecified atom stereocenters. The molecule has 5 heteroatoms. The van der Waals surface area contributed by atoms with Gasteiger partial charge in [-0.1, -0.05) is 12.8 Å². The van der Waals surface area contributed by atoms with E-state index in [4.69, 9.17) is 4.74 Å². The Morgan fingerprint density at radius 1 is 1.42 bits per heavy atom. The average Bonchev–Trinajstić information content (AvgIpc) is 2.27. The van der Waals surface area contributed by atoms with Crippen LogP contribution in [0.2, 0.25) is 0 Å². The summed E-state index contributed by atoms with van der Waals surface area (Å²) in [6.45, 7) is 6.10. The van der Waals surface area contributed by atoms with Gasteiger partial charge < -0.3 is 10.1 Å². The summed E-state index contributed by atoms with van der Waals surface area (Å²) in [4.78, 5) is 25.3. The van der Waals surface area contributed by atoms with Crippen LogP contribution in [0.3, 0.4) is 0 Å².